The Bertz CT molecular complexity index is 620. The van der Waals surface area contributed by atoms with E-state index < -0.39 is 9.84 Å². The van der Waals surface area contributed by atoms with Gasteiger partial charge in [-0.3, -0.25) is 9.36 Å². The number of sulfone groups is 1. The van der Waals surface area contributed by atoms with Crippen molar-refractivity contribution in [1.82, 2.24) is 9.55 Å². The number of hydrogen-bond acceptors (Lipinski definition) is 4. The van der Waals surface area contributed by atoms with Crippen LogP contribution in [0.5, 0.6) is 0 Å². The van der Waals surface area contributed by atoms with Crippen molar-refractivity contribution in [3.63, 3.8) is 0 Å². The molecule has 0 spiro atoms. The summed E-state index contributed by atoms with van der Waals surface area (Å²) in [5.74, 6) is 1.24. The fourth-order valence-electron chi connectivity index (χ4n) is 1.96. The van der Waals surface area contributed by atoms with Gasteiger partial charge >= 0.3 is 0 Å². The van der Waals surface area contributed by atoms with Crippen LogP contribution in [0.25, 0.3) is 0 Å². The second-order valence-electron chi connectivity index (χ2n) is 4.79. The number of halogens is 1. The standard InChI is InChI=1S/C12H17ClN2O3S/c1-2-19(17,18)7-3-6-15-11(16)8-10(13)14-12(15)9-4-5-9/h8-9H,2-7H2,1H3. The molecule has 1 heterocycles. The Morgan fingerprint density at radius 2 is 2.16 bits per heavy atom. The Kier molecular flexibility index (Phi) is 4.30. The van der Waals surface area contributed by atoms with E-state index in [1.807, 2.05) is 0 Å². The quantitative estimate of drug-likeness (QED) is 0.749. The van der Waals surface area contributed by atoms with Crippen LogP contribution >= 0.6 is 11.6 Å². The van der Waals surface area contributed by atoms with Crippen molar-refractivity contribution in [2.45, 2.75) is 38.6 Å². The van der Waals surface area contributed by atoms with Gasteiger partial charge in [0.1, 0.15) is 20.8 Å². The largest absolute Gasteiger partial charge is 0.296 e. The third-order valence-electron chi connectivity index (χ3n) is 3.23. The first-order valence-corrected chi connectivity index (χ1v) is 8.60. The average Bonchev–Trinajstić information content (AvgIpc) is 3.15. The molecule has 0 amide bonds. The highest BCUT2D eigenvalue weighted by Gasteiger charge is 2.28. The topological polar surface area (TPSA) is 69.0 Å². The molecular formula is C12H17ClN2O3S. The number of nitrogens with zero attached hydrogens (tertiary/aromatic N) is 2. The second kappa shape index (κ2) is 5.63. The molecule has 1 aliphatic rings. The third-order valence-corrected chi connectivity index (χ3v) is 5.21. The zero-order valence-electron chi connectivity index (χ0n) is 10.8. The lowest BCUT2D eigenvalue weighted by Gasteiger charge is -2.11. The summed E-state index contributed by atoms with van der Waals surface area (Å²) < 4.78 is 24.4. The summed E-state index contributed by atoms with van der Waals surface area (Å²) in [5, 5.41) is 0.212. The van der Waals surface area contributed by atoms with E-state index in [-0.39, 0.29) is 22.2 Å². The van der Waals surface area contributed by atoms with Crippen molar-refractivity contribution in [2.24, 2.45) is 0 Å². The van der Waals surface area contributed by atoms with E-state index >= 15 is 0 Å². The Labute approximate surface area is 117 Å². The highest BCUT2D eigenvalue weighted by molar-refractivity contribution is 7.91. The van der Waals surface area contributed by atoms with Gasteiger partial charge in [-0.1, -0.05) is 18.5 Å². The fourth-order valence-corrected chi connectivity index (χ4v) is 3.00. The first-order valence-electron chi connectivity index (χ1n) is 6.40. The van der Waals surface area contributed by atoms with Crippen LogP contribution in [-0.4, -0.2) is 29.5 Å². The Morgan fingerprint density at radius 3 is 2.74 bits per heavy atom. The van der Waals surface area contributed by atoms with E-state index in [9.17, 15) is 13.2 Å². The molecule has 1 aliphatic carbocycles. The lowest BCUT2D eigenvalue weighted by Crippen LogP contribution is -2.25. The zero-order valence-corrected chi connectivity index (χ0v) is 12.4. The average molecular weight is 305 g/mol. The van der Waals surface area contributed by atoms with Crippen LogP contribution in [0.15, 0.2) is 10.9 Å². The Hall–Kier alpha value is -0.880. The van der Waals surface area contributed by atoms with E-state index in [2.05, 4.69) is 4.98 Å². The third kappa shape index (κ3) is 3.79. The van der Waals surface area contributed by atoms with Gasteiger partial charge in [-0.15, -0.1) is 0 Å². The maximum atomic E-state index is 11.9. The molecule has 0 saturated heterocycles. The van der Waals surface area contributed by atoms with Crippen molar-refractivity contribution < 1.29 is 8.42 Å². The molecule has 2 rings (SSSR count). The van der Waals surface area contributed by atoms with E-state index in [4.69, 9.17) is 11.6 Å². The monoisotopic (exact) mass is 304 g/mol. The SMILES string of the molecule is CCS(=O)(=O)CCCn1c(C2CC2)nc(Cl)cc1=O. The molecular weight excluding hydrogens is 288 g/mol. The van der Waals surface area contributed by atoms with Crippen molar-refractivity contribution >= 4 is 21.4 Å². The molecule has 1 fully saturated rings. The highest BCUT2D eigenvalue weighted by atomic mass is 35.5. The predicted octanol–water partition coefficient (Wildman–Crippen LogP) is 1.60. The van der Waals surface area contributed by atoms with Gasteiger partial charge in [0.15, 0.2) is 0 Å². The molecule has 0 bridgehead atoms. The van der Waals surface area contributed by atoms with Crippen LogP contribution in [0.2, 0.25) is 5.15 Å². The first-order chi connectivity index (χ1) is 8.93. The maximum Gasteiger partial charge on any atom is 0.254 e. The van der Waals surface area contributed by atoms with E-state index in [1.165, 1.54) is 6.07 Å². The minimum atomic E-state index is -2.99. The van der Waals surface area contributed by atoms with E-state index in [1.54, 1.807) is 11.5 Å². The summed E-state index contributed by atoms with van der Waals surface area (Å²) in [6, 6.07) is 1.28. The summed E-state index contributed by atoms with van der Waals surface area (Å²) >= 11 is 5.80. The summed E-state index contributed by atoms with van der Waals surface area (Å²) in [4.78, 5) is 16.1. The lowest BCUT2D eigenvalue weighted by molar-refractivity contribution is 0.572. The minimum absolute atomic E-state index is 0.0999. The Balaban J connectivity index is 2.14. The smallest absolute Gasteiger partial charge is 0.254 e. The van der Waals surface area contributed by atoms with Gasteiger partial charge in [-0.05, 0) is 19.3 Å². The normalized spacial score (nSPS) is 15.7. The van der Waals surface area contributed by atoms with Gasteiger partial charge in [0.05, 0.1) is 5.75 Å². The van der Waals surface area contributed by atoms with Crippen molar-refractivity contribution in [3.05, 3.63) is 27.4 Å². The van der Waals surface area contributed by atoms with Crippen molar-refractivity contribution in [3.8, 4) is 0 Å². The summed E-state index contributed by atoms with van der Waals surface area (Å²) in [6.45, 7) is 2.01. The van der Waals surface area contributed by atoms with Crippen LogP contribution in [0.4, 0.5) is 0 Å². The molecule has 1 aromatic rings. The predicted molar refractivity (Wildman–Crippen MR) is 74.4 cm³/mol. The number of rotatable bonds is 6. The molecule has 0 atom stereocenters. The van der Waals surface area contributed by atoms with Crippen molar-refractivity contribution in [2.75, 3.05) is 11.5 Å². The van der Waals surface area contributed by atoms with Crippen LogP contribution in [0.3, 0.4) is 0 Å². The molecule has 5 nitrogen and oxygen atoms in total. The van der Waals surface area contributed by atoms with Gasteiger partial charge in [0, 0.05) is 24.3 Å². The van der Waals surface area contributed by atoms with Crippen LogP contribution < -0.4 is 5.56 Å². The summed E-state index contributed by atoms with van der Waals surface area (Å²) in [5.41, 5.74) is -0.198. The van der Waals surface area contributed by atoms with Crippen LogP contribution in [0, 0.1) is 0 Å². The Morgan fingerprint density at radius 1 is 1.47 bits per heavy atom. The molecule has 0 aromatic carbocycles. The molecule has 0 aliphatic heterocycles. The maximum absolute atomic E-state index is 11.9. The van der Waals surface area contributed by atoms with Gasteiger partial charge in [0.2, 0.25) is 0 Å². The first kappa shape index (κ1) is 14.5. The van der Waals surface area contributed by atoms with Crippen molar-refractivity contribution in [1.29, 1.82) is 0 Å². The van der Waals surface area contributed by atoms with E-state index in [0.717, 1.165) is 12.8 Å². The molecule has 0 unspecified atom stereocenters. The second-order valence-corrected chi connectivity index (χ2v) is 7.65. The zero-order chi connectivity index (χ0) is 14.0. The van der Waals surface area contributed by atoms with Gasteiger partial charge < -0.3 is 0 Å². The molecule has 1 saturated carbocycles. The van der Waals surface area contributed by atoms with Crippen LogP contribution in [-0.2, 0) is 16.4 Å². The minimum Gasteiger partial charge on any atom is -0.296 e. The highest BCUT2D eigenvalue weighted by Crippen LogP contribution is 2.38. The molecule has 1 aromatic heterocycles. The molecule has 0 radical (unpaired) electrons. The molecule has 0 N–H and O–H groups in total. The summed E-state index contributed by atoms with van der Waals surface area (Å²) in [7, 11) is -2.99. The lowest BCUT2D eigenvalue weighted by atomic mass is 10.3. The van der Waals surface area contributed by atoms with Gasteiger partial charge in [0.25, 0.3) is 5.56 Å². The number of hydrogen-bond donors (Lipinski definition) is 0. The fraction of sp³-hybridized carbons (Fsp3) is 0.667. The van der Waals surface area contributed by atoms with E-state index in [0.29, 0.717) is 24.7 Å². The van der Waals surface area contributed by atoms with Gasteiger partial charge in [-0.2, -0.15) is 0 Å². The van der Waals surface area contributed by atoms with Crippen LogP contribution in [0.1, 0.15) is 37.9 Å². The summed E-state index contributed by atoms with van der Waals surface area (Å²) in [6.07, 6.45) is 2.46. The van der Waals surface area contributed by atoms with Gasteiger partial charge in [-0.25, -0.2) is 13.4 Å². The number of aromatic nitrogens is 2. The molecule has 7 heteroatoms. The molecule has 19 heavy (non-hydrogen) atoms. The molecule has 106 valence electrons.